The Kier molecular flexibility index (Phi) is 35.4. The zero-order valence-corrected chi connectivity index (χ0v) is 27.4. The summed E-state index contributed by atoms with van der Waals surface area (Å²) >= 11 is 0. The second kappa shape index (κ2) is 36.2. The van der Waals surface area contributed by atoms with Gasteiger partial charge in [0.25, 0.3) is 0 Å². The van der Waals surface area contributed by atoms with Crippen molar-refractivity contribution in [3.05, 3.63) is 36.5 Å². The lowest BCUT2D eigenvalue weighted by atomic mass is 10.1. The molecule has 40 heavy (non-hydrogen) atoms. The molecule has 0 saturated heterocycles. The first-order chi connectivity index (χ1) is 19.8. The Hall–Kier alpha value is -0.860. The van der Waals surface area contributed by atoms with Gasteiger partial charge in [0, 0.05) is 13.2 Å². The summed E-state index contributed by atoms with van der Waals surface area (Å²) in [5.41, 5.74) is 0. The molecule has 0 aromatic carbocycles. The van der Waals surface area contributed by atoms with Crippen LogP contribution in [0.4, 0.5) is 0 Å². The summed E-state index contributed by atoms with van der Waals surface area (Å²) in [5.74, 6) is 0. The maximum atomic E-state index is 9.99. The fourth-order valence-electron chi connectivity index (χ4n) is 5.12. The highest BCUT2D eigenvalue weighted by atomic mass is 16.5. The summed E-state index contributed by atoms with van der Waals surface area (Å²) in [6.07, 6.45) is 48.1. The summed E-state index contributed by atoms with van der Waals surface area (Å²) in [5, 5.41) is 9.99. The maximum Gasteiger partial charge on any atom is 0.0574 e. The van der Waals surface area contributed by atoms with Crippen LogP contribution in [0.5, 0.6) is 0 Å². The standard InChI is InChI=1S/C38H72O2/c1-3-5-7-9-10-11-12-13-14-15-16-19-22-25-28-32-36-40-37-33-29-26-23-20-17-18-21-24-27-31-35-38(39)34-30-8-6-4-2/h10-11,13-14,27,31,38-39H,3-9,12,15-26,28-30,32-37H2,1-2H3/b11-10-,14-13-,31-27-/t38-/m1/s1. The van der Waals surface area contributed by atoms with E-state index in [-0.39, 0.29) is 6.10 Å². The van der Waals surface area contributed by atoms with E-state index >= 15 is 0 Å². The Labute approximate surface area is 252 Å². The van der Waals surface area contributed by atoms with Crippen molar-refractivity contribution in [2.24, 2.45) is 0 Å². The number of unbranched alkanes of at least 4 members (excludes halogenated alkanes) is 20. The Bertz CT molecular complexity index is 536. The summed E-state index contributed by atoms with van der Waals surface area (Å²) in [4.78, 5) is 0. The summed E-state index contributed by atoms with van der Waals surface area (Å²) < 4.78 is 5.85. The van der Waals surface area contributed by atoms with Gasteiger partial charge in [0.2, 0.25) is 0 Å². The lowest BCUT2D eigenvalue weighted by Gasteiger charge is -2.07. The lowest BCUT2D eigenvalue weighted by molar-refractivity contribution is 0.125. The van der Waals surface area contributed by atoms with Crippen molar-refractivity contribution in [3.8, 4) is 0 Å². The van der Waals surface area contributed by atoms with Crippen LogP contribution in [-0.2, 0) is 4.74 Å². The quantitative estimate of drug-likeness (QED) is 0.0639. The van der Waals surface area contributed by atoms with Gasteiger partial charge < -0.3 is 9.84 Å². The van der Waals surface area contributed by atoms with E-state index in [4.69, 9.17) is 4.74 Å². The van der Waals surface area contributed by atoms with E-state index in [1.54, 1.807) is 0 Å². The molecule has 1 N–H and O–H groups in total. The van der Waals surface area contributed by atoms with E-state index in [0.29, 0.717) is 0 Å². The van der Waals surface area contributed by atoms with Gasteiger partial charge in [-0.15, -0.1) is 0 Å². The molecule has 0 unspecified atom stereocenters. The molecule has 0 fully saturated rings. The zero-order valence-electron chi connectivity index (χ0n) is 27.4. The van der Waals surface area contributed by atoms with E-state index in [1.807, 2.05) is 0 Å². The van der Waals surface area contributed by atoms with Crippen molar-refractivity contribution >= 4 is 0 Å². The number of aliphatic hydroxyl groups is 1. The smallest absolute Gasteiger partial charge is 0.0574 e. The van der Waals surface area contributed by atoms with E-state index < -0.39 is 0 Å². The van der Waals surface area contributed by atoms with Crippen LogP contribution >= 0.6 is 0 Å². The highest BCUT2D eigenvalue weighted by Gasteiger charge is 2.00. The Morgan fingerprint density at radius 1 is 0.450 bits per heavy atom. The largest absolute Gasteiger partial charge is 0.393 e. The monoisotopic (exact) mass is 561 g/mol. The molecule has 0 radical (unpaired) electrons. The van der Waals surface area contributed by atoms with Gasteiger partial charge >= 0.3 is 0 Å². The second-order valence-electron chi connectivity index (χ2n) is 12.0. The van der Waals surface area contributed by atoms with Crippen LogP contribution in [0.2, 0.25) is 0 Å². The van der Waals surface area contributed by atoms with E-state index in [1.165, 1.54) is 154 Å². The number of rotatable bonds is 33. The van der Waals surface area contributed by atoms with Gasteiger partial charge in [0.05, 0.1) is 6.10 Å². The van der Waals surface area contributed by atoms with E-state index in [2.05, 4.69) is 50.3 Å². The minimum Gasteiger partial charge on any atom is -0.393 e. The molecule has 0 aromatic rings. The van der Waals surface area contributed by atoms with Crippen molar-refractivity contribution < 1.29 is 9.84 Å². The van der Waals surface area contributed by atoms with E-state index in [0.717, 1.165) is 32.5 Å². The topological polar surface area (TPSA) is 29.5 Å². The summed E-state index contributed by atoms with van der Waals surface area (Å²) in [7, 11) is 0. The summed E-state index contributed by atoms with van der Waals surface area (Å²) in [6.45, 7) is 6.41. The molecule has 2 heteroatoms. The average molecular weight is 561 g/mol. The van der Waals surface area contributed by atoms with Crippen molar-refractivity contribution in [3.63, 3.8) is 0 Å². The van der Waals surface area contributed by atoms with Crippen LogP contribution in [-0.4, -0.2) is 24.4 Å². The van der Waals surface area contributed by atoms with Crippen LogP contribution < -0.4 is 0 Å². The van der Waals surface area contributed by atoms with Gasteiger partial charge in [0.15, 0.2) is 0 Å². The molecule has 0 aliphatic rings. The molecular weight excluding hydrogens is 488 g/mol. The highest BCUT2D eigenvalue weighted by Crippen LogP contribution is 2.12. The van der Waals surface area contributed by atoms with Crippen molar-refractivity contribution in [2.75, 3.05) is 13.2 Å². The minimum atomic E-state index is -0.130. The van der Waals surface area contributed by atoms with Crippen LogP contribution in [0.1, 0.15) is 187 Å². The van der Waals surface area contributed by atoms with Crippen molar-refractivity contribution in [1.82, 2.24) is 0 Å². The molecule has 0 saturated carbocycles. The van der Waals surface area contributed by atoms with Crippen molar-refractivity contribution in [2.45, 2.75) is 193 Å². The number of aliphatic hydroxyl groups excluding tert-OH is 1. The van der Waals surface area contributed by atoms with E-state index in [9.17, 15) is 5.11 Å². The summed E-state index contributed by atoms with van der Waals surface area (Å²) in [6, 6.07) is 0. The first kappa shape index (κ1) is 39.1. The first-order valence-corrected chi connectivity index (χ1v) is 18.0. The Morgan fingerprint density at radius 3 is 1.38 bits per heavy atom. The molecule has 0 heterocycles. The third-order valence-electron chi connectivity index (χ3n) is 7.86. The molecule has 2 nitrogen and oxygen atoms in total. The van der Waals surface area contributed by atoms with Gasteiger partial charge in [-0.2, -0.15) is 0 Å². The fraction of sp³-hybridized carbons (Fsp3) is 0.842. The molecule has 0 aliphatic heterocycles. The Morgan fingerprint density at radius 2 is 0.850 bits per heavy atom. The molecule has 236 valence electrons. The average Bonchev–Trinajstić information content (AvgIpc) is 2.96. The molecule has 0 aromatic heterocycles. The third-order valence-corrected chi connectivity index (χ3v) is 7.86. The lowest BCUT2D eigenvalue weighted by Crippen LogP contribution is -2.04. The molecule has 0 rings (SSSR count). The molecular formula is C38H72O2. The number of hydrogen-bond donors (Lipinski definition) is 1. The molecule has 0 amide bonds. The first-order valence-electron chi connectivity index (χ1n) is 18.0. The van der Waals surface area contributed by atoms with Crippen LogP contribution in [0.25, 0.3) is 0 Å². The SMILES string of the molecule is CCCCC/C=C\C/C=C\CCCCCCCCOCCCCCCCCCC/C=C\C[C@H](O)CCCCCC. The minimum absolute atomic E-state index is 0.130. The highest BCUT2D eigenvalue weighted by molar-refractivity contribution is 4.92. The van der Waals surface area contributed by atoms with Crippen LogP contribution in [0.3, 0.4) is 0 Å². The molecule has 1 atom stereocenters. The second-order valence-corrected chi connectivity index (χ2v) is 12.0. The normalized spacial score (nSPS) is 13.0. The third kappa shape index (κ3) is 35.2. The van der Waals surface area contributed by atoms with Crippen molar-refractivity contribution in [1.29, 1.82) is 0 Å². The predicted octanol–water partition coefficient (Wildman–Crippen LogP) is 12.6. The van der Waals surface area contributed by atoms with Gasteiger partial charge in [-0.05, 0) is 70.6 Å². The Balaban J connectivity index is 3.18. The van der Waals surface area contributed by atoms with Gasteiger partial charge in [-0.1, -0.05) is 153 Å². The molecule has 0 spiro atoms. The molecule has 0 bridgehead atoms. The van der Waals surface area contributed by atoms with Crippen LogP contribution in [0, 0.1) is 0 Å². The number of hydrogen-bond acceptors (Lipinski definition) is 2. The van der Waals surface area contributed by atoms with Crippen LogP contribution in [0.15, 0.2) is 36.5 Å². The van der Waals surface area contributed by atoms with Gasteiger partial charge in [0.1, 0.15) is 0 Å². The van der Waals surface area contributed by atoms with Gasteiger partial charge in [-0.25, -0.2) is 0 Å². The van der Waals surface area contributed by atoms with Gasteiger partial charge in [-0.3, -0.25) is 0 Å². The fourth-order valence-corrected chi connectivity index (χ4v) is 5.12. The number of allylic oxidation sites excluding steroid dienone is 5. The maximum absolute atomic E-state index is 9.99. The molecule has 0 aliphatic carbocycles. The number of ether oxygens (including phenoxy) is 1. The zero-order chi connectivity index (χ0) is 29.0. The predicted molar refractivity (Wildman–Crippen MR) is 180 cm³/mol.